The molecule has 1 rings (SSSR count). The second-order valence-corrected chi connectivity index (χ2v) is 3.52. The predicted octanol–water partition coefficient (Wildman–Crippen LogP) is 1.42. The van der Waals surface area contributed by atoms with Crippen molar-refractivity contribution < 1.29 is 5.11 Å². The van der Waals surface area contributed by atoms with Gasteiger partial charge in [-0.3, -0.25) is 0 Å². The molecule has 0 aliphatic rings. The van der Waals surface area contributed by atoms with Gasteiger partial charge in [0.05, 0.1) is 12.1 Å². The lowest BCUT2D eigenvalue weighted by molar-refractivity contribution is 0.164. The zero-order valence-electron chi connectivity index (χ0n) is 7.66. The molecular weight excluding hydrogens is 188 g/mol. The topological polar surface area (TPSA) is 59.1 Å². The summed E-state index contributed by atoms with van der Waals surface area (Å²) in [5.74, 6) is 0. The van der Waals surface area contributed by atoms with Crippen molar-refractivity contribution in [3.05, 3.63) is 28.5 Å². The number of aliphatic hydroxyl groups is 1. The van der Waals surface area contributed by atoms with Crippen LogP contribution >= 0.6 is 11.6 Å². The van der Waals surface area contributed by atoms with E-state index in [2.05, 4.69) is 4.98 Å². The Labute approximate surface area is 82.5 Å². The summed E-state index contributed by atoms with van der Waals surface area (Å²) in [6, 6.07) is 3.09. The summed E-state index contributed by atoms with van der Waals surface area (Å²) >= 11 is 5.75. The summed E-state index contributed by atoms with van der Waals surface area (Å²) in [7, 11) is 0. The van der Waals surface area contributed by atoms with Crippen LogP contribution in [-0.2, 0) is 0 Å². The van der Waals surface area contributed by atoms with Crippen molar-refractivity contribution in [3.8, 4) is 0 Å². The molecule has 1 aromatic heterocycles. The quantitative estimate of drug-likeness (QED) is 0.710. The highest BCUT2D eigenvalue weighted by Gasteiger charge is 2.12. The van der Waals surface area contributed by atoms with E-state index in [-0.39, 0.29) is 0 Å². The molecule has 0 saturated heterocycles. The highest BCUT2D eigenvalue weighted by molar-refractivity contribution is 6.29. The van der Waals surface area contributed by atoms with Crippen LogP contribution in [-0.4, -0.2) is 16.2 Å². The first-order chi connectivity index (χ1) is 6.00. The first-order valence-electron chi connectivity index (χ1n) is 4.08. The van der Waals surface area contributed by atoms with E-state index in [1.807, 2.05) is 13.0 Å². The molecule has 4 heteroatoms. The number of aromatic nitrogens is 1. The van der Waals surface area contributed by atoms with Crippen molar-refractivity contribution in [2.75, 3.05) is 0 Å². The lowest BCUT2D eigenvalue weighted by atomic mass is 10.0. The van der Waals surface area contributed by atoms with E-state index >= 15 is 0 Å². The van der Waals surface area contributed by atoms with Gasteiger partial charge in [-0.25, -0.2) is 4.98 Å². The van der Waals surface area contributed by atoms with Gasteiger partial charge in [0, 0.05) is 5.69 Å². The van der Waals surface area contributed by atoms with Crippen molar-refractivity contribution in [3.63, 3.8) is 0 Å². The van der Waals surface area contributed by atoms with Gasteiger partial charge < -0.3 is 10.8 Å². The van der Waals surface area contributed by atoms with Gasteiger partial charge in [-0.05, 0) is 31.5 Å². The molecule has 3 nitrogen and oxygen atoms in total. The third-order valence-electron chi connectivity index (χ3n) is 1.85. The summed E-state index contributed by atoms with van der Waals surface area (Å²) < 4.78 is 0. The minimum absolute atomic E-state index is 0.404. The van der Waals surface area contributed by atoms with Crippen molar-refractivity contribution in [2.45, 2.75) is 26.0 Å². The minimum Gasteiger partial charge on any atom is -0.391 e. The molecule has 3 N–H and O–H groups in total. The van der Waals surface area contributed by atoms with E-state index in [0.29, 0.717) is 5.15 Å². The van der Waals surface area contributed by atoms with E-state index in [4.69, 9.17) is 17.3 Å². The monoisotopic (exact) mass is 200 g/mol. The summed E-state index contributed by atoms with van der Waals surface area (Å²) in [5.41, 5.74) is 7.36. The van der Waals surface area contributed by atoms with Crippen LogP contribution in [0.3, 0.4) is 0 Å². The number of pyridine rings is 1. The Kier molecular flexibility index (Phi) is 3.25. The molecule has 0 saturated carbocycles. The summed E-state index contributed by atoms with van der Waals surface area (Å²) in [4.78, 5) is 4.00. The third kappa shape index (κ3) is 2.66. The Hall–Kier alpha value is -0.640. The number of aliphatic hydroxyl groups excluding tert-OH is 1. The highest BCUT2D eigenvalue weighted by Crippen LogP contribution is 2.18. The van der Waals surface area contributed by atoms with Gasteiger partial charge in [-0.15, -0.1) is 0 Å². The second-order valence-electron chi connectivity index (χ2n) is 3.13. The van der Waals surface area contributed by atoms with Gasteiger partial charge in [0.2, 0.25) is 0 Å². The van der Waals surface area contributed by atoms with Gasteiger partial charge in [0.25, 0.3) is 0 Å². The second kappa shape index (κ2) is 4.05. The number of rotatable bonds is 2. The van der Waals surface area contributed by atoms with Crippen molar-refractivity contribution >= 4 is 11.6 Å². The molecule has 1 heterocycles. The Balaban J connectivity index is 3.01. The Morgan fingerprint density at radius 3 is 2.62 bits per heavy atom. The number of halogens is 1. The maximum atomic E-state index is 9.27. The first kappa shape index (κ1) is 10.4. The molecule has 0 spiro atoms. The zero-order chi connectivity index (χ0) is 10.0. The Morgan fingerprint density at radius 2 is 2.15 bits per heavy atom. The molecular formula is C9H13ClN2O. The summed E-state index contributed by atoms with van der Waals surface area (Å²) in [5, 5.41) is 9.68. The Bertz CT molecular complexity index is 281. The van der Waals surface area contributed by atoms with Crippen LogP contribution < -0.4 is 5.73 Å². The van der Waals surface area contributed by atoms with Crippen molar-refractivity contribution in [2.24, 2.45) is 5.73 Å². The van der Waals surface area contributed by atoms with E-state index in [9.17, 15) is 5.11 Å². The fourth-order valence-electron chi connectivity index (χ4n) is 1.12. The Morgan fingerprint density at radius 1 is 1.54 bits per heavy atom. The van der Waals surface area contributed by atoms with Crippen LogP contribution in [0.25, 0.3) is 0 Å². The average Bonchev–Trinajstić information content (AvgIpc) is 2.01. The lowest BCUT2D eigenvalue weighted by Crippen LogP contribution is -2.23. The number of hydrogen-bond donors (Lipinski definition) is 2. The van der Waals surface area contributed by atoms with Crippen LogP contribution in [0.4, 0.5) is 0 Å². The van der Waals surface area contributed by atoms with Gasteiger partial charge >= 0.3 is 0 Å². The zero-order valence-corrected chi connectivity index (χ0v) is 8.42. The van der Waals surface area contributed by atoms with E-state index < -0.39 is 12.1 Å². The molecule has 0 aliphatic carbocycles. The number of nitrogens with two attached hydrogens (primary N) is 1. The molecule has 0 aromatic carbocycles. The normalized spacial score (nSPS) is 15.5. The average molecular weight is 201 g/mol. The van der Waals surface area contributed by atoms with Crippen LogP contribution in [0.5, 0.6) is 0 Å². The third-order valence-corrected chi connectivity index (χ3v) is 2.04. The molecule has 0 unspecified atom stereocenters. The number of aryl methyl sites for hydroxylation is 1. The summed E-state index contributed by atoms with van der Waals surface area (Å²) in [6.07, 6.45) is -0.585. The van der Waals surface area contributed by atoms with Gasteiger partial charge in [0.15, 0.2) is 0 Å². The molecule has 0 fully saturated rings. The fraction of sp³-hybridized carbons (Fsp3) is 0.444. The summed E-state index contributed by atoms with van der Waals surface area (Å²) in [6.45, 7) is 3.48. The van der Waals surface area contributed by atoms with E-state index in [0.717, 1.165) is 11.3 Å². The van der Waals surface area contributed by atoms with Crippen LogP contribution in [0, 0.1) is 6.92 Å². The molecule has 72 valence electrons. The minimum atomic E-state index is -0.585. The first-order valence-corrected chi connectivity index (χ1v) is 4.46. The van der Waals surface area contributed by atoms with Gasteiger partial charge in [0.1, 0.15) is 5.15 Å². The predicted molar refractivity (Wildman–Crippen MR) is 52.6 cm³/mol. The van der Waals surface area contributed by atoms with Crippen LogP contribution in [0.15, 0.2) is 12.1 Å². The number of nitrogens with zero attached hydrogens (tertiary/aromatic N) is 1. The SMILES string of the molecule is Cc1cc([C@H](N)[C@@H](C)O)cc(Cl)n1. The molecule has 0 bridgehead atoms. The lowest BCUT2D eigenvalue weighted by Gasteiger charge is -2.15. The van der Waals surface area contributed by atoms with Crippen molar-refractivity contribution in [1.82, 2.24) is 4.98 Å². The molecule has 0 aliphatic heterocycles. The highest BCUT2D eigenvalue weighted by atomic mass is 35.5. The molecule has 1 aromatic rings. The van der Waals surface area contributed by atoms with E-state index in [1.54, 1.807) is 13.0 Å². The molecule has 13 heavy (non-hydrogen) atoms. The maximum Gasteiger partial charge on any atom is 0.129 e. The maximum absolute atomic E-state index is 9.27. The van der Waals surface area contributed by atoms with E-state index in [1.165, 1.54) is 0 Å². The van der Waals surface area contributed by atoms with Crippen LogP contribution in [0.2, 0.25) is 5.15 Å². The van der Waals surface area contributed by atoms with Crippen molar-refractivity contribution in [1.29, 1.82) is 0 Å². The molecule has 0 amide bonds. The van der Waals surface area contributed by atoms with Gasteiger partial charge in [-0.1, -0.05) is 11.6 Å². The fourth-order valence-corrected chi connectivity index (χ4v) is 1.38. The number of hydrogen-bond acceptors (Lipinski definition) is 3. The molecule has 0 radical (unpaired) electrons. The largest absolute Gasteiger partial charge is 0.391 e. The smallest absolute Gasteiger partial charge is 0.129 e. The standard InChI is InChI=1S/C9H13ClN2O/c1-5-3-7(4-8(10)12-5)9(11)6(2)13/h3-4,6,9,13H,11H2,1-2H3/t6-,9-/m1/s1. The van der Waals surface area contributed by atoms with Crippen LogP contribution in [0.1, 0.15) is 24.2 Å². The molecule has 2 atom stereocenters. The van der Waals surface area contributed by atoms with Gasteiger partial charge in [-0.2, -0.15) is 0 Å².